The highest BCUT2D eigenvalue weighted by molar-refractivity contribution is 7.22. The number of hydrogen-bond acceptors (Lipinski definition) is 5. The molecule has 7 heteroatoms. The number of aryl methyl sites for hydroxylation is 3. The van der Waals surface area contributed by atoms with E-state index in [1.54, 1.807) is 0 Å². The van der Waals surface area contributed by atoms with Gasteiger partial charge in [-0.1, -0.05) is 29.5 Å². The highest BCUT2D eigenvalue weighted by Gasteiger charge is 2.26. The highest BCUT2D eigenvalue weighted by atomic mass is 32.1. The molecule has 1 aromatic heterocycles. The molecule has 2 amide bonds. The number of para-hydroxylation sites is 1. The van der Waals surface area contributed by atoms with Gasteiger partial charge in [0.2, 0.25) is 11.8 Å². The second-order valence-corrected chi connectivity index (χ2v) is 9.44. The number of amides is 2. The van der Waals surface area contributed by atoms with Crippen LogP contribution in [0.1, 0.15) is 29.5 Å². The van der Waals surface area contributed by atoms with Crippen LogP contribution in [-0.4, -0.2) is 41.3 Å². The van der Waals surface area contributed by atoms with Crippen LogP contribution >= 0.6 is 11.3 Å². The third-order valence-electron chi connectivity index (χ3n) is 5.68. The Morgan fingerprint density at radius 1 is 1.06 bits per heavy atom. The first-order chi connectivity index (χ1) is 14.9. The lowest BCUT2D eigenvalue weighted by atomic mass is 9.96. The fourth-order valence-corrected chi connectivity index (χ4v) is 5.10. The van der Waals surface area contributed by atoms with Gasteiger partial charge < -0.3 is 10.6 Å². The van der Waals surface area contributed by atoms with Crippen molar-refractivity contribution >= 4 is 44.2 Å². The topological polar surface area (TPSA) is 74.3 Å². The van der Waals surface area contributed by atoms with Crippen LogP contribution in [0.25, 0.3) is 10.2 Å². The van der Waals surface area contributed by atoms with Gasteiger partial charge in [0, 0.05) is 11.6 Å². The summed E-state index contributed by atoms with van der Waals surface area (Å²) in [6, 6.07) is 12.1. The second kappa shape index (κ2) is 9.16. The SMILES string of the molecule is Cc1cc(C)cc(NC(=O)CN2CCC(C(=O)Nc3nc4c(C)cccc4s3)CC2)c1. The second-order valence-electron chi connectivity index (χ2n) is 8.40. The van der Waals surface area contributed by atoms with E-state index in [0.717, 1.165) is 58.5 Å². The molecule has 1 aliphatic rings. The number of fused-ring (bicyclic) bond motifs is 1. The Hall–Kier alpha value is -2.77. The zero-order valence-corrected chi connectivity index (χ0v) is 19.0. The highest BCUT2D eigenvalue weighted by Crippen LogP contribution is 2.29. The van der Waals surface area contributed by atoms with Gasteiger partial charge in [0.15, 0.2) is 5.13 Å². The minimum absolute atomic E-state index is 0.0160. The number of carbonyl (C=O) groups excluding carboxylic acids is 2. The van der Waals surface area contributed by atoms with Crippen molar-refractivity contribution in [2.75, 3.05) is 30.3 Å². The Labute approximate surface area is 186 Å². The number of carbonyl (C=O) groups is 2. The summed E-state index contributed by atoms with van der Waals surface area (Å²) in [5.41, 5.74) is 5.16. The number of nitrogens with one attached hydrogen (secondary N) is 2. The molecule has 2 aromatic carbocycles. The van der Waals surface area contributed by atoms with Crippen molar-refractivity contribution in [2.24, 2.45) is 5.92 Å². The number of thiazole rings is 1. The Kier molecular flexibility index (Phi) is 6.34. The molecule has 0 radical (unpaired) electrons. The molecule has 2 N–H and O–H groups in total. The molecule has 0 unspecified atom stereocenters. The molecule has 0 aliphatic carbocycles. The molecule has 2 heterocycles. The van der Waals surface area contributed by atoms with Crippen LogP contribution in [0.5, 0.6) is 0 Å². The minimum atomic E-state index is -0.0492. The van der Waals surface area contributed by atoms with Crippen LogP contribution in [0, 0.1) is 26.7 Å². The predicted octanol–water partition coefficient (Wildman–Crippen LogP) is 4.51. The molecule has 0 atom stereocenters. The molecule has 0 spiro atoms. The summed E-state index contributed by atoms with van der Waals surface area (Å²) in [7, 11) is 0. The van der Waals surface area contributed by atoms with Gasteiger partial charge in [0.05, 0.1) is 16.8 Å². The predicted molar refractivity (Wildman–Crippen MR) is 127 cm³/mol. The molecule has 6 nitrogen and oxygen atoms in total. The van der Waals surface area contributed by atoms with Gasteiger partial charge in [-0.25, -0.2) is 4.98 Å². The number of benzene rings is 2. The quantitative estimate of drug-likeness (QED) is 0.617. The van der Waals surface area contributed by atoms with Crippen LogP contribution in [-0.2, 0) is 9.59 Å². The summed E-state index contributed by atoms with van der Waals surface area (Å²) in [6.45, 7) is 7.88. The first-order valence-electron chi connectivity index (χ1n) is 10.6. The molecule has 0 saturated carbocycles. The van der Waals surface area contributed by atoms with Gasteiger partial charge >= 0.3 is 0 Å². The van der Waals surface area contributed by atoms with E-state index in [1.807, 2.05) is 51.1 Å². The van der Waals surface area contributed by atoms with Crippen molar-refractivity contribution in [3.8, 4) is 0 Å². The lowest BCUT2D eigenvalue weighted by molar-refractivity contribution is -0.121. The molecule has 31 heavy (non-hydrogen) atoms. The van der Waals surface area contributed by atoms with Gasteiger partial charge in [-0.15, -0.1) is 0 Å². The third-order valence-corrected chi connectivity index (χ3v) is 6.62. The molecule has 1 saturated heterocycles. The summed E-state index contributed by atoms with van der Waals surface area (Å²) in [6.07, 6.45) is 1.49. The zero-order valence-electron chi connectivity index (χ0n) is 18.2. The maximum Gasteiger partial charge on any atom is 0.238 e. The number of anilines is 2. The zero-order chi connectivity index (χ0) is 22.0. The lowest BCUT2D eigenvalue weighted by Crippen LogP contribution is -2.41. The van der Waals surface area contributed by atoms with E-state index < -0.39 is 0 Å². The largest absolute Gasteiger partial charge is 0.325 e. The van der Waals surface area contributed by atoms with Crippen LogP contribution in [0.3, 0.4) is 0 Å². The first-order valence-corrected chi connectivity index (χ1v) is 11.5. The van der Waals surface area contributed by atoms with E-state index >= 15 is 0 Å². The van der Waals surface area contributed by atoms with E-state index in [1.165, 1.54) is 11.3 Å². The summed E-state index contributed by atoms with van der Waals surface area (Å²) < 4.78 is 1.08. The maximum absolute atomic E-state index is 12.7. The Morgan fingerprint density at radius 2 is 1.77 bits per heavy atom. The smallest absolute Gasteiger partial charge is 0.238 e. The van der Waals surface area contributed by atoms with Gasteiger partial charge in [0.1, 0.15) is 0 Å². The van der Waals surface area contributed by atoms with Crippen molar-refractivity contribution in [3.63, 3.8) is 0 Å². The summed E-state index contributed by atoms with van der Waals surface area (Å²) >= 11 is 1.51. The van der Waals surface area contributed by atoms with E-state index in [2.05, 4.69) is 26.6 Å². The van der Waals surface area contributed by atoms with Crippen molar-refractivity contribution in [1.29, 1.82) is 0 Å². The van der Waals surface area contributed by atoms with Crippen molar-refractivity contribution < 1.29 is 9.59 Å². The monoisotopic (exact) mass is 436 g/mol. The number of piperidine rings is 1. The van der Waals surface area contributed by atoms with Crippen LogP contribution in [0.2, 0.25) is 0 Å². The van der Waals surface area contributed by atoms with E-state index in [-0.39, 0.29) is 17.7 Å². The van der Waals surface area contributed by atoms with Gasteiger partial charge in [-0.2, -0.15) is 0 Å². The molecule has 162 valence electrons. The number of likely N-dealkylation sites (tertiary alicyclic amines) is 1. The standard InChI is InChI=1S/C24H28N4O2S/c1-15-11-16(2)13-19(12-15)25-21(29)14-28-9-7-18(8-10-28)23(30)27-24-26-22-17(3)5-4-6-20(22)31-24/h4-6,11-13,18H,7-10,14H2,1-3H3,(H,25,29)(H,26,27,30). The Morgan fingerprint density at radius 3 is 2.45 bits per heavy atom. The van der Waals surface area contributed by atoms with Gasteiger partial charge in [-0.3, -0.25) is 14.5 Å². The fourth-order valence-electron chi connectivity index (χ4n) is 4.15. The number of aromatic nitrogens is 1. The average Bonchev–Trinajstić information content (AvgIpc) is 3.11. The fraction of sp³-hybridized carbons (Fsp3) is 0.375. The van der Waals surface area contributed by atoms with Crippen molar-refractivity contribution in [3.05, 3.63) is 53.1 Å². The van der Waals surface area contributed by atoms with E-state index in [0.29, 0.717) is 11.7 Å². The molecule has 1 aliphatic heterocycles. The number of hydrogen-bond donors (Lipinski definition) is 2. The Balaban J connectivity index is 1.27. The van der Waals surface area contributed by atoms with E-state index in [9.17, 15) is 9.59 Å². The third kappa shape index (κ3) is 5.29. The van der Waals surface area contributed by atoms with Gasteiger partial charge in [0.25, 0.3) is 0 Å². The van der Waals surface area contributed by atoms with Crippen molar-refractivity contribution in [2.45, 2.75) is 33.6 Å². The van der Waals surface area contributed by atoms with Crippen LogP contribution in [0.15, 0.2) is 36.4 Å². The summed E-state index contributed by atoms with van der Waals surface area (Å²) in [4.78, 5) is 31.8. The number of rotatable bonds is 5. The normalized spacial score (nSPS) is 15.2. The molecule has 0 bridgehead atoms. The molecule has 3 aromatic rings. The molecular weight excluding hydrogens is 408 g/mol. The maximum atomic E-state index is 12.7. The summed E-state index contributed by atoms with van der Waals surface area (Å²) in [5.74, 6) is -0.0411. The van der Waals surface area contributed by atoms with Crippen LogP contribution < -0.4 is 10.6 Å². The minimum Gasteiger partial charge on any atom is -0.325 e. The molecule has 4 rings (SSSR count). The van der Waals surface area contributed by atoms with Crippen molar-refractivity contribution in [1.82, 2.24) is 9.88 Å². The van der Waals surface area contributed by atoms with E-state index in [4.69, 9.17) is 0 Å². The first kappa shape index (κ1) is 21.5. The number of nitrogens with zero attached hydrogens (tertiary/aromatic N) is 2. The Bertz CT molecular complexity index is 1100. The van der Waals surface area contributed by atoms with Crippen LogP contribution in [0.4, 0.5) is 10.8 Å². The lowest BCUT2D eigenvalue weighted by Gasteiger charge is -2.30. The molecular formula is C24H28N4O2S. The average molecular weight is 437 g/mol. The van der Waals surface area contributed by atoms with Gasteiger partial charge in [-0.05, 0) is 81.6 Å². The summed E-state index contributed by atoms with van der Waals surface area (Å²) in [5, 5.41) is 6.64. The molecule has 1 fully saturated rings.